The summed E-state index contributed by atoms with van der Waals surface area (Å²) in [7, 11) is 1.38. The lowest BCUT2D eigenvalue weighted by Crippen LogP contribution is -2.25. The Morgan fingerprint density at radius 2 is 1.72 bits per heavy atom. The highest BCUT2D eigenvalue weighted by Gasteiger charge is 2.23. The number of methoxy groups -OCH3 is 1. The highest BCUT2D eigenvalue weighted by molar-refractivity contribution is 5.83. The van der Waals surface area contributed by atoms with Crippen molar-refractivity contribution in [3.63, 3.8) is 0 Å². The summed E-state index contributed by atoms with van der Waals surface area (Å²) < 4.78 is 4.55. The molecule has 0 bridgehead atoms. The first-order valence-corrected chi connectivity index (χ1v) is 8.72. The molecule has 1 heterocycles. The molecular weight excluding hydrogens is 380 g/mol. The molecule has 1 aromatic rings. The van der Waals surface area contributed by atoms with E-state index < -0.39 is 12.3 Å². The molecule has 10 heteroatoms. The smallest absolute Gasteiger partial charge is 0.300 e. The lowest BCUT2D eigenvalue weighted by atomic mass is 9.89. The molecule has 1 atom stereocenters. The van der Waals surface area contributed by atoms with Crippen molar-refractivity contribution < 1.29 is 24.5 Å². The summed E-state index contributed by atoms with van der Waals surface area (Å²) in [4.78, 5) is 37.6. The number of aliphatic hydroxyl groups is 1. The molecule has 0 aliphatic carbocycles. The van der Waals surface area contributed by atoms with Gasteiger partial charge in [0.05, 0.1) is 24.8 Å². The zero-order chi connectivity index (χ0) is 23.8. The number of carboxylic acid groups (broad SMARTS) is 1. The van der Waals surface area contributed by atoms with E-state index >= 15 is 0 Å². The first-order chi connectivity index (χ1) is 13.0. The molecule has 6 N–H and O–H groups in total. The lowest BCUT2D eigenvalue weighted by molar-refractivity contribution is -0.138. The summed E-state index contributed by atoms with van der Waals surface area (Å²) in [6.45, 7) is 12.6. The van der Waals surface area contributed by atoms with Crippen LogP contribution in [0.2, 0.25) is 0 Å². The number of nitrogens with zero attached hydrogens (tertiary/aromatic N) is 1. The molecule has 0 saturated carbocycles. The second-order valence-electron chi connectivity index (χ2n) is 7.80. The van der Waals surface area contributed by atoms with E-state index in [0.29, 0.717) is 0 Å². The van der Waals surface area contributed by atoms with Crippen LogP contribution >= 0.6 is 0 Å². The number of ketones is 1. The molecule has 0 aliphatic rings. The molecule has 29 heavy (non-hydrogen) atoms. The average Bonchev–Trinajstić information content (AvgIpc) is 2.54. The molecule has 0 aromatic carbocycles. The number of aromatic nitrogens is 2. The highest BCUT2D eigenvalue weighted by atomic mass is 16.6. The predicted octanol–water partition coefficient (Wildman–Crippen LogP) is 1.67. The van der Waals surface area contributed by atoms with Crippen LogP contribution in [0, 0.1) is 10.8 Å². The first kappa shape index (κ1) is 31.1. The van der Waals surface area contributed by atoms with E-state index in [0.717, 1.165) is 19.0 Å². The topological polar surface area (TPSA) is 179 Å². The van der Waals surface area contributed by atoms with E-state index in [1.54, 1.807) is 0 Å². The Morgan fingerprint density at radius 1 is 1.31 bits per heavy atom. The quantitative estimate of drug-likeness (QED) is 0.280. The standard InChI is InChI=1S/C8H12N2O.C8H16O3.C2H4O2.CH4N2/c1-8(2,3)6-4-7(11)10-5-9-6;1-8(2,3)6(9)5-7(10)11-4;1-2(3)4;2-1-3/h4-5H,1-3H3,(H,9,10,11);7,10H,5H2,1-4H3;1H3,(H,3,4);1H,(H3,2,3)/t;7-;;/m.1../s1. The summed E-state index contributed by atoms with van der Waals surface area (Å²) in [6, 6.07) is 1.53. The van der Waals surface area contributed by atoms with Crippen molar-refractivity contribution in [3.05, 3.63) is 28.4 Å². The van der Waals surface area contributed by atoms with Gasteiger partial charge in [0.1, 0.15) is 5.78 Å². The number of ether oxygens (including phenoxy) is 1. The van der Waals surface area contributed by atoms with E-state index in [9.17, 15) is 9.59 Å². The van der Waals surface area contributed by atoms with Gasteiger partial charge < -0.3 is 25.7 Å². The van der Waals surface area contributed by atoms with Crippen molar-refractivity contribution in [2.75, 3.05) is 7.11 Å². The van der Waals surface area contributed by atoms with Crippen molar-refractivity contribution in [3.8, 4) is 0 Å². The van der Waals surface area contributed by atoms with Gasteiger partial charge in [-0.25, -0.2) is 4.98 Å². The summed E-state index contributed by atoms with van der Waals surface area (Å²) in [6.07, 6.45) is 1.30. The van der Waals surface area contributed by atoms with Crippen LogP contribution in [0.1, 0.15) is 60.6 Å². The maximum atomic E-state index is 11.2. The number of hydrogen-bond acceptors (Lipinski definition) is 7. The molecule has 0 aliphatic heterocycles. The minimum Gasteiger partial charge on any atom is -0.481 e. The third kappa shape index (κ3) is 21.6. The largest absolute Gasteiger partial charge is 0.481 e. The maximum Gasteiger partial charge on any atom is 0.300 e. The zero-order valence-corrected chi connectivity index (χ0v) is 18.6. The van der Waals surface area contributed by atoms with Crippen LogP contribution < -0.4 is 11.3 Å². The third-order valence-electron chi connectivity index (χ3n) is 2.92. The lowest BCUT2D eigenvalue weighted by Gasteiger charge is -2.18. The molecule has 1 aromatic heterocycles. The fraction of sp³-hybridized carbons (Fsp3) is 0.632. The molecule has 10 nitrogen and oxygen atoms in total. The Balaban J connectivity index is -0.000000355. The van der Waals surface area contributed by atoms with Gasteiger partial charge in [-0.05, 0) is 0 Å². The monoisotopic (exact) mass is 416 g/mol. The molecular formula is C19H36N4O6. The number of H-pyrrole nitrogens is 1. The van der Waals surface area contributed by atoms with Crippen LogP contribution in [0.15, 0.2) is 17.2 Å². The number of nitrogens with two attached hydrogens (primary N) is 1. The van der Waals surface area contributed by atoms with E-state index in [2.05, 4.69) is 20.4 Å². The van der Waals surface area contributed by atoms with Crippen LogP contribution in [0.4, 0.5) is 0 Å². The summed E-state index contributed by atoms with van der Waals surface area (Å²) in [5.74, 6) is -0.827. The van der Waals surface area contributed by atoms with Crippen molar-refractivity contribution in [2.45, 2.75) is 66.6 Å². The summed E-state index contributed by atoms with van der Waals surface area (Å²) in [5, 5.41) is 22.2. The minimum absolute atomic E-state index is 0.00634. The maximum absolute atomic E-state index is 11.2. The highest BCUT2D eigenvalue weighted by Crippen LogP contribution is 2.18. The summed E-state index contributed by atoms with van der Waals surface area (Å²) in [5.41, 5.74) is 4.68. The fourth-order valence-corrected chi connectivity index (χ4v) is 1.33. The fourth-order valence-electron chi connectivity index (χ4n) is 1.33. The third-order valence-corrected chi connectivity index (χ3v) is 2.92. The molecule has 168 valence electrons. The van der Waals surface area contributed by atoms with Gasteiger partial charge >= 0.3 is 0 Å². The Hall–Kier alpha value is -2.59. The SMILES string of the molecule is CC(=O)O.CC(C)(C)c1cc(=O)[nH]cn1.CO[C@@H](O)CC(=O)C(C)(C)C.N=CN. The predicted molar refractivity (Wildman–Crippen MR) is 112 cm³/mol. The second kappa shape index (κ2) is 15.3. The number of carbonyl (C=O) groups is 2. The van der Waals surface area contributed by atoms with Crippen LogP contribution in [-0.4, -0.2) is 51.7 Å². The van der Waals surface area contributed by atoms with Crippen molar-refractivity contribution in [2.24, 2.45) is 11.1 Å². The Morgan fingerprint density at radius 3 is 1.97 bits per heavy atom. The Labute approximate surface area is 172 Å². The number of rotatable bonds is 3. The van der Waals surface area contributed by atoms with E-state index in [-0.39, 0.29) is 28.6 Å². The van der Waals surface area contributed by atoms with Gasteiger partial charge in [0.15, 0.2) is 6.29 Å². The van der Waals surface area contributed by atoms with Gasteiger partial charge in [0, 0.05) is 30.9 Å². The number of hydrogen-bond donors (Lipinski definition) is 5. The number of nitrogens with one attached hydrogen (secondary N) is 2. The molecule has 0 fully saturated rings. The normalized spacial score (nSPS) is 11.2. The average molecular weight is 417 g/mol. The van der Waals surface area contributed by atoms with Crippen molar-refractivity contribution in [1.29, 1.82) is 5.41 Å². The second-order valence-corrected chi connectivity index (χ2v) is 7.80. The van der Waals surface area contributed by atoms with Crippen molar-refractivity contribution in [1.82, 2.24) is 9.97 Å². The molecule has 0 unspecified atom stereocenters. The molecule has 0 saturated heterocycles. The minimum atomic E-state index is -0.957. The number of aromatic amines is 1. The van der Waals surface area contributed by atoms with Gasteiger partial charge in [0.25, 0.3) is 11.5 Å². The molecule has 0 spiro atoms. The van der Waals surface area contributed by atoms with Crippen LogP contribution in [0.5, 0.6) is 0 Å². The van der Waals surface area contributed by atoms with Crippen molar-refractivity contribution >= 4 is 18.1 Å². The molecule has 1 rings (SSSR count). The van der Waals surface area contributed by atoms with Gasteiger partial charge in [0.2, 0.25) is 0 Å². The van der Waals surface area contributed by atoms with E-state index in [1.807, 2.05) is 41.5 Å². The number of Topliss-reactive ketones (excluding diaryl/α,β-unsaturated/α-hetero) is 1. The number of aliphatic carboxylic acids is 1. The van der Waals surface area contributed by atoms with Gasteiger partial charge in [-0.15, -0.1) is 0 Å². The van der Waals surface area contributed by atoms with Crippen LogP contribution in [-0.2, 0) is 19.7 Å². The Kier molecular flexibility index (Phi) is 16.5. The zero-order valence-electron chi connectivity index (χ0n) is 18.6. The van der Waals surface area contributed by atoms with E-state index in [4.69, 9.17) is 20.4 Å². The van der Waals surface area contributed by atoms with E-state index in [1.165, 1.54) is 19.5 Å². The number of carbonyl (C=O) groups excluding carboxylic acids is 1. The number of aliphatic hydroxyl groups excluding tert-OH is 1. The Bertz CT molecular complexity index is 656. The molecule has 0 radical (unpaired) electrons. The van der Waals surface area contributed by atoms with Crippen LogP contribution in [0.25, 0.3) is 0 Å². The summed E-state index contributed by atoms with van der Waals surface area (Å²) >= 11 is 0. The van der Waals surface area contributed by atoms with Gasteiger partial charge in [-0.2, -0.15) is 0 Å². The number of carboxylic acids is 1. The molecule has 0 amide bonds. The van der Waals surface area contributed by atoms with Gasteiger partial charge in [-0.3, -0.25) is 19.8 Å². The first-order valence-electron chi connectivity index (χ1n) is 8.72. The van der Waals surface area contributed by atoms with Gasteiger partial charge in [-0.1, -0.05) is 41.5 Å². The van der Waals surface area contributed by atoms with Crippen LogP contribution in [0.3, 0.4) is 0 Å².